The molecule has 4 nitrogen and oxygen atoms in total. The molecule has 0 spiro atoms. The van der Waals surface area contributed by atoms with Crippen LogP contribution in [0.1, 0.15) is 12.8 Å². The van der Waals surface area contributed by atoms with E-state index in [1.807, 2.05) is 12.3 Å². The predicted octanol–water partition coefficient (Wildman–Crippen LogP) is 2.76. The van der Waals surface area contributed by atoms with Gasteiger partial charge < -0.3 is 15.4 Å². The number of aromatic nitrogens is 1. The van der Waals surface area contributed by atoms with Gasteiger partial charge in [0.25, 0.3) is 0 Å². The topological polar surface area (TPSA) is 46.2 Å². The largest absolute Gasteiger partial charge is 0.376 e. The molecule has 0 radical (unpaired) electrons. The quantitative estimate of drug-likeness (QED) is 0.852. The lowest BCUT2D eigenvalue weighted by Gasteiger charge is -2.14. The second-order valence-corrected chi connectivity index (χ2v) is 5.79. The molecule has 0 aliphatic carbocycles. The number of nitrogens with one attached hydrogen (secondary N) is 2. The second kappa shape index (κ2) is 5.81. The van der Waals surface area contributed by atoms with Gasteiger partial charge in [-0.2, -0.15) is 4.37 Å². The Kier molecular flexibility index (Phi) is 3.91. The molecular formula is C13H15N3OS2. The normalized spacial score (nSPS) is 18.6. The highest BCUT2D eigenvalue weighted by Gasteiger charge is 2.15. The average molecular weight is 293 g/mol. The van der Waals surface area contributed by atoms with Gasteiger partial charge in [0.05, 0.1) is 10.8 Å². The van der Waals surface area contributed by atoms with E-state index in [4.69, 9.17) is 17.0 Å². The van der Waals surface area contributed by atoms with Crippen LogP contribution in [0.4, 0.5) is 5.69 Å². The van der Waals surface area contributed by atoms with Crippen LogP contribution in [0.5, 0.6) is 0 Å². The van der Waals surface area contributed by atoms with E-state index in [1.165, 1.54) is 16.2 Å². The standard InChI is InChI=1S/C13H15N3OS2/c18-13(14-8-11-2-1-5-17-11)16-10-3-4-12-9(6-10)7-15-19-12/h3-4,6-7,11H,1-2,5,8H2,(H2,14,16,18). The SMILES string of the molecule is S=C(NCC1CCCO1)Nc1ccc2sncc2c1. The Morgan fingerprint density at radius 1 is 1.53 bits per heavy atom. The second-order valence-electron chi connectivity index (χ2n) is 4.55. The summed E-state index contributed by atoms with van der Waals surface area (Å²) in [7, 11) is 0. The van der Waals surface area contributed by atoms with Crippen molar-refractivity contribution in [3.63, 3.8) is 0 Å². The number of nitrogens with zero attached hydrogens (tertiary/aromatic N) is 1. The van der Waals surface area contributed by atoms with Crippen molar-refractivity contribution < 1.29 is 4.74 Å². The van der Waals surface area contributed by atoms with Gasteiger partial charge in [0.15, 0.2) is 5.11 Å². The molecule has 2 heterocycles. The first-order valence-corrected chi connectivity index (χ1v) is 7.50. The zero-order chi connectivity index (χ0) is 13.1. The van der Waals surface area contributed by atoms with Crippen molar-refractivity contribution in [2.45, 2.75) is 18.9 Å². The molecule has 1 aliphatic rings. The molecule has 1 fully saturated rings. The molecule has 19 heavy (non-hydrogen) atoms. The highest BCUT2D eigenvalue weighted by molar-refractivity contribution is 7.80. The Hall–Kier alpha value is -1.24. The molecule has 1 aromatic heterocycles. The van der Waals surface area contributed by atoms with Gasteiger partial charge in [-0.1, -0.05) is 0 Å². The summed E-state index contributed by atoms with van der Waals surface area (Å²) >= 11 is 6.78. The third-order valence-electron chi connectivity index (χ3n) is 3.12. The van der Waals surface area contributed by atoms with Crippen LogP contribution >= 0.6 is 23.8 Å². The van der Waals surface area contributed by atoms with E-state index in [1.54, 1.807) is 0 Å². The van der Waals surface area contributed by atoms with Crippen LogP contribution in [-0.2, 0) is 4.74 Å². The first-order chi connectivity index (χ1) is 9.31. The molecule has 1 saturated heterocycles. The van der Waals surface area contributed by atoms with Gasteiger partial charge in [0.2, 0.25) is 0 Å². The minimum absolute atomic E-state index is 0.295. The molecule has 100 valence electrons. The Morgan fingerprint density at radius 3 is 3.32 bits per heavy atom. The number of hydrogen-bond donors (Lipinski definition) is 2. The van der Waals surface area contributed by atoms with Gasteiger partial charge in [-0.05, 0) is 54.8 Å². The number of benzene rings is 1. The van der Waals surface area contributed by atoms with E-state index in [0.717, 1.165) is 37.1 Å². The van der Waals surface area contributed by atoms with Crippen molar-refractivity contribution in [3.05, 3.63) is 24.4 Å². The maximum absolute atomic E-state index is 5.54. The first kappa shape index (κ1) is 12.8. The van der Waals surface area contributed by atoms with Crippen LogP contribution in [-0.4, -0.2) is 28.7 Å². The lowest BCUT2D eigenvalue weighted by Crippen LogP contribution is -2.34. The molecule has 1 aromatic carbocycles. The Labute approximate surface area is 121 Å². The smallest absolute Gasteiger partial charge is 0.170 e. The summed E-state index contributed by atoms with van der Waals surface area (Å²) in [5.74, 6) is 0. The van der Waals surface area contributed by atoms with E-state index in [0.29, 0.717) is 11.2 Å². The zero-order valence-corrected chi connectivity index (χ0v) is 12.0. The van der Waals surface area contributed by atoms with E-state index < -0.39 is 0 Å². The lowest BCUT2D eigenvalue weighted by atomic mass is 10.2. The van der Waals surface area contributed by atoms with Crippen LogP contribution in [0, 0.1) is 0 Å². The molecule has 1 unspecified atom stereocenters. The van der Waals surface area contributed by atoms with Crippen molar-refractivity contribution in [3.8, 4) is 0 Å². The fraction of sp³-hybridized carbons (Fsp3) is 0.385. The maximum Gasteiger partial charge on any atom is 0.170 e. The number of fused-ring (bicyclic) bond motifs is 1. The Morgan fingerprint density at radius 2 is 2.47 bits per heavy atom. The molecule has 0 bridgehead atoms. The van der Waals surface area contributed by atoms with Crippen LogP contribution in [0.25, 0.3) is 10.1 Å². The summed E-state index contributed by atoms with van der Waals surface area (Å²) in [6, 6.07) is 6.12. The lowest BCUT2D eigenvalue weighted by molar-refractivity contribution is 0.114. The number of hydrogen-bond acceptors (Lipinski definition) is 4. The summed E-state index contributed by atoms with van der Waals surface area (Å²) in [4.78, 5) is 0. The fourth-order valence-electron chi connectivity index (χ4n) is 2.14. The molecule has 1 atom stereocenters. The van der Waals surface area contributed by atoms with Gasteiger partial charge in [0, 0.05) is 30.4 Å². The molecule has 0 amide bonds. The Balaban J connectivity index is 1.55. The highest BCUT2D eigenvalue weighted by atomic mass is 32.1. The third-order valence-corrected chi connectivity index (χ3v) is 4.15. The molecule has 2 N–H and O–H groups in total. The van der Waals surface area contributed by atoms with E-state index >= 15 is 0 Å². The minimum Gasteiger partial charge on any atom is -0.376 e. The summed E-state index contributed by atoms with van der Waals surface area (Å²) in [6.45, 7) is 1.64. The van der Waals surface area contributed by atoms with Gasteiger partial charge in [-0.15, -0.1) is 0 Å². The van der Waals surface area contributed by atoms with Gasteiger partial charge in [-0.3, -0.25) is 0 Å². The first-order valence-electron chi connectivity index (χ1n) is 6.32. The highest BCUT2D eigenvalue weighted by Crippen LogP contribution is 2.21. The van der Waals surface area contributed by atoms with Crippen LogP contribution in [0.3, 0.4) is 0 Å². The molecule has 0 saturated carbocycles. The monoisotopic (exact) mass is 293 g/mol. The summed E-state index contributed by atoms with van der Waals surface area (Å²) in [5.41, 5.74) is 0.984. The fourth-order valence-corrected chi connectivity index (χ4v) is 2.96. The van der Waals surface area contributed by atoms with Crippen molar-refractivity contribution in [1.29, 1.82) is 0 Å². The van der Waals surface area contributed by atoms with E-state index in [2.05, 4.69) is 27.1 Å². The number of ether oxygens (including phenoxy) is 1. The third kappa shape index (κ3) is 3.20. The number of thiocarbonyl (C=S) groups is 1. The van der Waals surface area contributed by atoms with Crippen molar-refractivity contribution >= 4 is 44.6 Å². The number of anilines is 1. The van der Waals surface area contributed by atoms with E-state index in [-0.39, 0.29) is 0 Å². The Bertz CT molecular complexity index is 578. The zero-order valence-electron chi connectivity index (χ0n) is 10.4. The maximum atomic E-state index is 5.54. The van der Waals surface area contributed by atoms with Crippen molar-refractivity contribution in [2.24, 2.45) is 0 Å². The van der Waals surface area contributed by atoms with Crippen molar-refractivity contribution in [2.75, 3.05) is 18.5 Å². The molecule has 6 heteroatoms. The average Bonchev–Trinajstić information content (AvgIpc) is 3.07. The van der Waals surface area contributed by atoms with Gasteiger partial charge >= 0.3 is 0 Å². The van der Waals surface area contributed by atoms with Crippen LogP contribution in [0.15, 0.2) is 24.4 Å². The van der Waals surface area contributed by atoms with Crippen LogP contribution < -0.4 is 10.6 Å². The van der Waals surface area contributed by atoms with Crippen molar-refractivity contribution in [1.82, 2.24) is 9.69 Å². The van der Waals surface area contributed by atoms with Crippen LogP contribution in [0.2, 0.25) is 0 Å². The molecular weight excluding hydrogens is 278 g/mol. The summed E-state index contributed by atoms with van der Waals surface area (Å²) in [5, 5.41) is 8.16. The van der Waals surface area contributed by atoms with Gasteiger partial charge in [-0.25, -0.2) is 0 Å². The van der Waals surface area contributed by atoms with E-state index in [9.17, 15) is 0 Å². The molecule has 1 aliphatic heterocycles. The predicted molar refractivity (Wildman–Crippen MR) is 82.8 cm³/mol. The summed E-state index contributed by atoms with van der Waals surface area (Å²) < 4.78 is 10.9. The minimum atomic E-state index is 0.295. The summed E-state index contributed by atoms with van der Waals surface area (Å²) in [6.07, 6.45) is 4.42. The van der Waals surface area contributed by atoms with Gasteiger partial charge in [0.1, 0.15) is 0 Å². The number of rotatable bonds is 3. The molecule has 2 aromatic rings. The molecule has 3 rings (SSSR count).